The summed E-state index contributed by atoms with van der Waals surface area (Å²) < 4.78 is 0. The van der Waals surface area contributed by atoms with E-state index in [0.29, 0.717) is 30.3 Å². The van der Waals surface area contributed by atoms with Crippen molar-refractivity contribution in [2.45, 2.75) is 27.2 Å². The minimum absolute atomic E-state index is 0.0481. The Morgan fingerprint density at radius 1 is 1.25 bits per heavy atom. The van der Waals surface area contributed by atoms with Crippen molar-refractivity contribution < 1.29 is 9.59 Å². The highest BCUT2D eigenvalue weighted by molar-refractivity contribution is 5.96. The molecule has 5 heteroatoms. The summed E-state index contributed by atoms with van der Waals surface area (Å²) in [6.07, 6.45) is 0.284. The fourth-order valence-corrected chi connectivity index (χ4v) is 1.73. The van der Waals surface area contributed by atoms with E-state index >= 15 is 0 Å². The molecule has 0 saturated carbocycles. The molecular weight excluding hydrogens is 254 g/mol. The van der Waals surface area contributed by atoms with Gasteiger partial charge in [0.15, 0.2) is 0 Å². The summed E-state index contributed by atoms with van der Waals surface area (Å²) in [5.41, 5.74) is 7.68. The number of amides is 2. The molecule has 110 valence electrons. The summed E-state index contributed by atoms with van der Waals surface area (Å²) in [5.74, 6) is 0.193. The Bertz CT molecular complexity index is 484. The van der Waals surface area contributed by atoms with Gasteiger partial charge in [-0.25, -0.2) is 0 Å². The van der Waals surface area contributed by atoms with Crippen LogP contribution in [0.2, 0.25) is 0 Å². The molecule has 0 aliphatic carbocycles. The van der Waals surface area contributed by atoms with Crippen molar-refractivity contribution in [3.05, 3.63) is 29.3 Å². The lowest BCUT2D eigenvalue weighted by Crippen LogP contribution is -2.32. The van der Waals surface area contributed by atoms with E-state index in [-0.39, 0.29) is 18.2 Å². The summed E-state index contributed by atoms with van der Waals surface area (Å²) in [7, 11) is 0. The molecule has 4 N–H and O–H groups in total. The lowest BCUT2D eigenvalue weighted by molar-refractivity contribution is -0.121. The summed E-state index contributed by atoms with van der Waals surface area (Å²) >= 11 is 0. The van der Waals surface area contributed by atoms with Crippen LogP contribution in [-0.4, -0.2) is 24.9 Å². The van der Waals surface area contributed by atoms with Crippen LogP contribution in [0.5, 0.6) is 0 Å². The van der Waals surface area contributed by atoms with Gasteiger partial charge in [-0.3, -0.25) is 9.59 Å². The maximum Gasteiger partial charge on any atom is 0.251 e. The van der Waals surface area contributed by atoms with Gasteiger partial charge in [-0.15, -0.1) is 0 Å². The Kier molecular flexibility index (Phi) is 6.03. The zero-order valence-corrected chi connectivity index (χ0v) is 12.3. The Labute approximate surface area is 119 Å². The third kappa shape index (κ3) is 5.30. The van der Waals surface area contributed by atoms with E-state index in [0.717, 1.165) is 5.56 Å². The smallest absolute Gasteiger partial charge is 0.251 e. The molecule has 0 atom stereocenters. The van der Waals surface area contributed by atoms with Gasteiger partial charge in [0.25, 0.3) is 5.91 Å². The SMILES string of the molecule is Cc1cc(N)ccc1C(=O)NCCC(=O)NCC(C)C. The van der Waals surface area contributed by atoms with Gasteiger partial charge >= 0.3 is 0 Å². The van der Waals surface area contributed by atoms with Crippen molar-refractivity contribution >= 4 is 17.5 Å². The lowest BCUT2D eigenvalue weighted by Gasteiger charge is -2.09. The topological polar surface area (TPSA) is 84.2 Å². The molecule has 0 radical (unpaired) electrons. The second kappa shape index (κ2) is 7.53. The number of benzene rings is 1. The Morgan fingerprint density at radius 3 is 2.55 bits per heavy atom. The Hall–Kier alpha value is -2.04. The van der Waals surface area contributed by atoms with E-state index < -0.39 is 0 Å². The van der Waals surface area contributed by atoms with Gasteiger partial charge in [-0.05, 0) is 36.6 Å². The van der Waals surface area contributed by atoms with Crippen molar-refractivity contribution in [3.63, 3.8) is 0 Å². The fourth-order valence-electron chi connectivity index (χ4n) is 1.73. The zero-order chi connectivity index (χ0) is 15.1. The predicted octanol–water partition coefficient (Wildman–Crippen LogP) is 1.47. The first kappa shape index (κ1) is 16.0. The number of nitrogens with one attached hydrogen (secondary N) is 2. The number of anilines is 1. The average Bonchev–Trinajstić information content (AvgIpc) is 2.36. The quantitative estimate of drug-likeness (QED) is 0.688. The highest BCUT2D eigenvalue weighted by atomic mass is 16.2. The van der Waals surface area contributed by atoms with Crippen LogP contribution in [-0.2, 0) is 4.79 Å². The van der Waals surface area contributed by atoms with Gasteiger partial charge in [0.05, 0.1) is 0 Å². The predicted molar refractivity (Wildman–Crippen MR) is 80.4 cm³/mol. The van der Waals surface area contributed by atoms with Crippen LogP contribution in [0, 0.1) is 12.8 Å². The second-order valence-electron chi connectivity index (χ2n) is 5.28. The van der Waals surface area contributed by atoms with Gasteiger partial charge in [-0.2, -0.15) is 0 Å². The molecule has 0 aromatic heterocycles. The summed E-state index contributed by atoms with van der Waals surface area (Å²) in [5, 5.41) is 5.54. The number of aryl methyl sites for hydroxylation is 1. The van der Waals surface area contributed by atoms with Crippen molar-refractivity contribution in [2.24, 2.45) is 5.92 Å². The van der Waals surface area contributed by atoms with E-state index in [1.165, 1.54) is 0 Å². The molecule has 0 saturated heterocycles. The molecule has 0 bridgehead atoms. The normalized spacial score (nSPS) is 10.4. The van der Waals surface area contributed by atoms with Crippen molar-refractivity contribution in [1.29, 1.82) is 0 Å². The highest BCUT2D eigenvalue weighted by Gasteiger charge is 2.09. The third-order valence-corrected chi connectivity index (χ3v) is 2.84. The van der Waals surface area contributed by atoms with Crippen LogP contribution in [0.25, 0.3) is 0 Å². The molecule has 0 spiro atoms. The molecule has 1 aromatic rings. The van der Waals surface area contributed by atoms with Gasteiger partial charge in [0.1, 0.15) is 0 Å². The monoisotopic (exact) mass is 277 g/mol. The Balaban J connectivity index is 2.38. The van der Waals surface area contributed by atoms with E-state index in [1.54, 1.807) is 18.2 Å². The van der Waals surface area contributed by atoms with Crippen LogP contribution < -0.4 is 16.4 Å². The van der Waals surface area contributed by atoms with Gasteiger partial charge in [0.2, 0.25) is 5.91 Å². The van der Waals surface area contributed by atoms with Crippen LogP contribution in [0.1, 0.15) is 36.2 Å². The molecule has 1 aromatic carbocycles. The zero-order valence-electron chi connectivity index (χ0n) is 12.3. The first-order valence-corrected chi connectivity index (χ1v) is 6.81. The largest absolute Gasteiger partial charge is 0.399 e. The summed E-state index contributed by atoms with van der Waals surface area (Å²) in [6.45, 7) is 6.88. The number of nitrogen functional groups attached to an aromatic ring is 1. The maximum absolute atomic E-state index is 11.9. The number of carbonyl (C=O) groups is 2. The highest BCUT2D eigenvalue weighted by Crippen LogP contribution is 2.12. The van der Waals surface area contributed by atoms with Crippen LogP contribution in [0.3, 0.4) is 0 Å². The molecule has 2 amide bonds. The molecule has 0 aliphatic rings. The maximum atomic E-state index is 11.9. The minimum atomic E-state index is -0.181. The number of nitrogens with two attached hydrogens (primary N) is 1. The second-order valence-corrected chi connectivity index (χ2v) is 5.28. The fraction of sp³-hybridized carbons (Fsp3) is 0.467. The van der Waals surface area contributed by atoms with Crippen LogP contribution in [0.4, 0.5) is 5.69 Å². The molecule has 0 unspecified atom stereocenters. The molecule has 5 nitrogen and oxygen atoms in total. The van der Waals surface area contributed by atoms with E-state index in [9.17, 15) is 9.59 Å². The van der Waals surface area contributed by atoms with Crippen molar-refractivity contribution in [1.82, 2.24) is 10.6 Å². The number of hydrogen-bond acceptors (Lipinski definition) is 3. The first-order valence-electron chi connectivity index (χ1n) is 6.81. The van der Waals surface area contributed by atoms with E-state index in [2.05, 4.69) is 10.6 Å². The summed E-state index contributed by atoms with van der Waals surface area (Å²) in [4.78, 5) is 23.4. The van der Waals surface area contributed by atoms with Crippen LogP contribution in [0.15, 0.2) is 18.2 Å². The molecule has 0 heterocycles. The summed E-state index contributed by atoms with van der Waals surface area (Å²) in [6, 6.07) is 5.14. The Morgan fingerprint density at radius 2 is 1.95 bits per heavy atom. The minimum Gasteiger partial charge on any atom is -0.399 e. The van der Waals surface area contributed by atoms with Crippen molar-refractivity contribution in [2.75, 3.05) is 18.8 Å². The van der Waals surface area contributed by atoms with E-state index in [1.807, 2.05) is 20.8 Å². The standard InChI is InChI=1S/C15H23N3O2/c1-10(2)9-18-14(19)6-7-17-15(20)13-5-4-12(16)8-11(13)3/h4-5,8,10H,6-7,9,16H2,1-3H3,(H,17,20)(H,18,19). The molecule has 1 rings (SSSR count). The van der Waals surface area contributed by atoms with Gasteiger partial charge < -0.3 is 16.4 Å². The number of rotatable bonds is 6. The third-order valence-electron chi connectivity index (χ3n) is 2.84. The first-order chi connectivity index (χ1) is 9.40. The van der Waals surface area contributed by atoms with Gasteiger partial charge in [0, 0.05) is 30.8 Å². The molecule has 0 fully saturated rings. The number of hydrogen-bond donors (Lipinski definition) is 3. The molecular formula is C15H23N3O2. The van der Waals surface area contributed by atoms with Gasteiger partial charge in [-0.1, -0.05) is 13.8 Å². The van der Waals surface area contributed by atoms with Crippen molar-refractivity contribution in [3.8, 4) is 0 Å². The van der Waals surface area contributed by atoms with E-state index in [4.69, 9.17) is 5.73 Å². The lowest BCUT2D eigenvalue weighted by atomic mass is 10.1. The van der Waals surface area contributed by atoms with Crippen LogP contribution >= 0.6 is 0 Å². The molecule has 20 heavy (non-hydrogen) atoms. The number of carbonyl (C=O) groups excluding carboxylic acids is 2. The average molecular weight is 277 g/mol. The molecule has 0 aliphatic heterocycles.